The van der Waals surface area contributed by atoms with E-state index in [1.807, 2.05) is 34.1 Å². The summed E-state index contributed by atoms with van der Waals surface area (Å²) in [5.41, 5.74) is 0.686. The summed E-state index contributed by atoms with van der Waals surface area (Å²) in [6, 6.07) is 7.51. The monoisotopic (exact) mass is 346 g/mol. The van der Waals surface area contributed by atoms with Crippen LogP contribution in [0.4, 0.5) is 0 Å². The van der Waals surface area contributed by atoms with Crippen LogP contribution >= 0.6 is 0 Å². The first-order chi connectivity index (χ1) is 12.0. The molecule has 6 nitrogen and oxygen atoms in total. The van der Waals surface area contributed by atoms with Crippen LogP contribution in [-0.2, 0) is 16.0 Å². The highest BCUT2D eigenvalue weighted by molar-refractivity contribution is 5.79. The Hall–Kier alpha value is -2.08. The minimum Gasteiger partial charge on any atom is -0.497 e. The first-order valence-electron chi connectivity index (χ1n) is 8.74. The second-order valence-electron chi connectivity index (χ2n) is 7.23. The number of likely N-dealkylation sites (tertiary alicyclic amines) is 2. The smallest absolute Gasteiger partial charge is 0.227 e. The van der Waals surface area contributed by atoms with E-state index in [0.29, 0.717) is 32.6 Å². The summed E-state index contributed by atoms with van der Waals surface area (Å²) in [5.74, 6) is 1.05. The average molecular weight is 346 g/mol. The lowest BCUT2D eigenvalue weighted by molar-refractivity contribution is -0.133. The lowest BCUT2D eigenvalue weighted by atomic mass is 9.73. The number of fused-ring (bicyclic) bond motifs is 1. The predicted octanol–water partition coefficient (Wildman–Crippen LogP) is 0.927. The number of aliphatic hydroxyl groups is 1. The highest BCUT2D eigenvalue weighted by Gasteiger charge is 2.50. The number of carbonyl (C=O) groups is 2. The van der Waals surface area contributed by atoms with Crippen molar-refractivity contribution in [1.82, 2.24) is 9.80 Å². The molecule has 6 heteroatoms. The van der Waals surface area contributed by atoms with E-state index in [2.05, 4.69) is 0 Å². The predicted molar refractivity (Wildman–Crippen MR) is 93.2 cm³/mol. The number of methoxy groups -OCH3 is 1. The van der Waals surface area contributed by atoms with E-state index >= 15 is 0 Å². The maximum atomic E-state index is 12.7. The molecule has 0 aliphatic carbocycles. The van der Waals surface area contributed by atoms with Crippen LogP contribution < -0.4 is 4.74 Å². The normalized spacial score (nSPS) is 25.6. The topological polar surface area (TPSA) is 70.1 Å². The van der Waals surface area contributed by atoms with Crippen LogP contribution in [-0.4, -0.2) is 66.6 Å². The molecule has 136 valence electrons. The third-order valence-electron chi connectivity index (χ3n) is 5.76. The quantitative estimate of drug-likeness (QED) is 0.880. The zero-order valence-electron chi connectivity index (χ0n) is 14.9. The van der Waals surface area contributed by atoms with Gasteiger partial charge in [0.15, 0.2) is 0 Å². The summed E-state index contributed by atoms with van der Waals surface area (Å²) in [5, 5.41) is 9.97. The average Bonchev–Trinajstić information content (AvgIpc) is 3.01. The fraction of sp³-hybridized carbons (Fsp3) is 0.579. The summed E-state index contributed by atoms with van der Waals surface area (Å²) in [4.78, 5) is 28.1. The number of carbonyl (C=O) groups excluding carboxylic acids is 2. The van der Waals surface area contributed by atoms with E-state index in [-0.39, 0.29) is 29.8 Å². The van der Waals surface area contributed by atoms with Gasteiger partial charge in [-0.15, -0.1) is 0 Å². The molecule has 0 radical (unpaired) electrons. The van der Waals surface area contributed by atoms with Crippen LogP contribution in [0.25, 0.3) is 0 Å². The molecule has 2 amide bonds. The van der Waals surface area contributed by atoms with Crippen molar-refractivity contribution < 1.29 is 19.4 Å². The first-order valence-corrected chi connectivity index (χ1v) is 8.74. The van der Waals surface area contributed by atoms with Crippen LogP contribution in [0.2, 0.25) is 0 Å². The number of aliphatic hydroxyl groups excluding tert-OH is 1. The zero-order valence-corrected chi connectivity index (χ0v) is 14.9. The Morgan fingerprint density at radius 3 is 2.52 bits per heavy atom. The van der Waals surface area contributed by atoms with Crippen LogP contribution in [0.3, 0.4) is 0 Å². The van der Waals surface area contributed by atoms with Gasteiger partial charge >= 0.3 is 0 Å². The van der Waals surface area contributed by atoms with Gasteiger partial charge in [-0.1, -0.05) is 12.1 Å². The van der Waals surface area contributed by atoms with E-state index < -0.39 is 0 Å². The number of benzene rings is 1. The Bertz CT molecular complexity index is 645. The highest BCUT2D eigenvalue weighted by atomic mass is 16.5. The van der Waals surface area contributed by atoms with Gasteiger partial charge in [-0.05, 0) is 24.1 Å². The summed E-state index contributed by atoms with van der Waals surface area (Å²) in [6.07, 6.45) is 1.09. The van der Waals surface area contributed by atoms with Crippen LogP contribution in [0.15, 0.2) is 24.3 Å². The molecular weight excluding hydrogens is 320 g/mol. The molecule has 1 N–H and O–H groups in total. The summed E-state index contributed by atoms with van der Waals surface area (Å²) in [6.45, 7) is 4.12. The lowest BCUT2D eigenvalue weighted by Crippen LogP contribution is -2.50. The Morgan fingerprint density at radius 1 is 1.24 bits per heavy atom. The summed E-state index contributed by atoms with van der Waals surface area (Å²) in [7, 11) is 1.62. The molecule has 0 bridgehead atoms. The van der Waals surface area contributed by atoms with E-state index in [4.69, 9.17) is 4.74 Å². The molecule has 2 aliphatic heterocycles. The number of hydrogen-bond donors (Lipinski definition) is 1. The number of nitrogens with zero attached hydrogens (tertiary/aromatic N) is 2. The standard InChI is InChI=1S/C19H26N2O4/c1-14(23)20-8-7-19(13-22)12-21(11-16(19)10-20)18(24)9-15-3-5-17(25-2)6-4-15/h3-6,16,22H,7-13H2,1-2H3. The minimum atomic E-state index is -0.262. The number of ether oxygens (including phenoxy) is 1. The second-order valence-corrected chi connectivity index (χ2v) is 7.23. The van der Waals surface area contributed by atoms with E-state index in [0.717, 1.165) is 17.7 Å². The molecule has 2 heterocycles. The van der Waals surface area contributed by atoms with Crippen molar-refractivity contribution in [2.75, 3.05) is 39.9 Å². The van der Waals surface area contributed by atoms with E-state index in [1.165, 1.54) is 0 Å². The van der Waals surface area contributed by atoms with Gasteiger partial charge in [0.2, 0.25) is 11.8 Å². The van der Waals surface area contributed by atoms with Gasteiger partial charge in [-0.3, -0.25) is 9.59 Å². The van der Waals surface area contributed by atoms with Crippen molar-refractivity contribution >= 4 is 11.8 Å². The van der Waals surface area contributed by atoms with Crippen molar-refractivity contribution in [2.24, 2.45) is 11.3 Å². The lowest BCUT2D eigenvalue weighted by Gasteiger charge is -2.41. The number of piperidine rings is 1. The SMILES string of the molecule is COc1ccc(CC(=O)N2CC3CN(C(C)=O)CCC3(CO)C2)cc1. The van der Waals surface area contributed by atoms with Gasteiger partial charge in [-0.2, -0.15) is 0 Å². The molecule has 0 saturated carbocycles. The molecular formula is C19H26N2O4. The van der Waals surface area contributed by atoms with Gasteiger partial charge < -0.3 is 19.6 Å². The number of rotatable bonds is 4. The molecule has 2 saturated heterocycles. The van der Waals surface area contributed by atoms with E-state index in [1.54, 1.807) is 14.0 Å². The molecule has 0 spiro atoms. The van der Waals surface area contributed by atoms with E-state index in [9.17, 15) is 14.7 Å². The largest absolute Gasteiger partial charge is 0.497 e. The van der Waals surface area contributed by atoms with Crippen molar-refractivity contribution in [2.45, 2.75) is 19.8 Å². The maximum absolute atomic E-state index is 12.7. The molecule has 2 atom stereocenters. The van der Waals surface area contributed by atoms with Crippen molar-refractivity contribution in [3.8, 4) is 5.75 Å². The van der Waals surface area contributed by atoms with Crippen molar-refractivity contribution in [3.63, 3.8) is 0 Å². The third kappa shape index (κ3) is 3.49. The number of hydrogen-bond acceptors (Lipinski definition) is 4. The number of amides is 2. The van der Waals surface area contributed by atoms with Crippen molar-refractivity contribution in [3.05, 3.63) is 29.8 Å². The van der Waals surface area contributed by atoms with Crippen LogP contribution in [0.5, 0.6) is 5.75 Å². The molecule has 1 aromatic rings. The molecule has 2 fully saturated rings. The Labute approximate surface area is 148 Å². The first kappa shape index (κ1) is 17.7. The van der Waals surface area contributed by atoms with Crippen LogP contribution in [0.1, 0.15) is 18.9 Å². The molecule has 0 aromatic heterocycles. The van der Waals surface area contributed by atoms with Gasteiger partial charge in [0, 0.05) is 44.4 Å². The summed E-state index contributed by atoms with van der Waals surface area (Å²) < 4.78 is 5.14. The third-order valence-corrected chi connectivity index (χ3v) is 5.76. The fourth-order valence-electron chi connectivity index (χ4n) is 4.05. The van der Waals surface area contributed by atoms with Crippen molar-refractivity contribution in [1.29, 1.82) is 0 Å². The fourth-order valence-corrected chi connectivity index (χ4v) is 4.05. The zero-order chi connectivity index (χ0) is 18.0. The molecule has 2 aliphatic rings. The second kappa shape index (κ2) is 7.04. The van der Waals surface area contributed by atoms with Gasteiger partial charge in [0.25, 0.3) is 0 Å². The van der Waals surface area contributed by atoms with Gasteiger partial charge in [-0.25, -0.2) is 0 Å². The van der Waals surface area contributed by atoms with Crippen LogP contribution in [0, 0.1) is 11.3 Å². The minimum absolute atomic E-state index is 0.0644. The summed E-state index contributed by atoms with van der Waals surface area (Å²) >= 11 is 0. The Balaban J connectivity index is 1.67. The molecule has 1 aromatic carbocycles. The Kier molecular flexibility index (Phi) is 4.99. The molecule has 2 unspecified atom stereocenters. The van der Waals surface area contributed by atoms with Gasteiger partial charge in [0.05, 0.1) is 20.1 Å². The maximum Gasteiger partial charge on any atom is 0.227 e. The molecule has 25 heavy (non-hydrogen) atoms. The molecule has 3 rings (SSSR count). The Morgan fingerprint density at radius 2 is 1.92 bits per heavy atom. The van der Waals surface area contributed by atoms with Gasteiger partial charge in [0.1, 0.15) is 5.75 Å². The highest BCUT2D eigenvalue weighted by Crippen LogP contribution is 2.42.